The zero-order valence-corrected chi connectivity index (χ0v) is 33.5. The molecule has 1 aliphatic heterocycles. The van der Waals surface area contributed by atoms with Crippen molar-refractivity contribution in [3.05, 3.63) is 45.8 Å². The predicted molar refractivity (Wildman–Crippen MR) is 154 cm³/mol. The molecule has 0 aromatic carbocycles. The summed E-state index contributed by atoms with van der Waals surface area (Å²) in [5.74, 6) is 0.00570. The van der Waals surface area contributed by atoms with E-state index in [1.54, 1.807) is 37.3 Å². The maximum Gasteiger partial charge on any atom is 1.00 e. The maximum absolute atomic E-state index is 13.2. The van der Waals surface area contributed by atoms with Gasteiger partial charge < -0.3 is 13.8 Å². The second-order valence-corrected chi connectivity index (χ2v) is 14.0. The Bertz CT molecular complexity index is 1560. The van der Waals surface area contributed by atoms with Crippen molar-refractivity contribution in [2.24, 2.45) is 5.10 Å². The van der Waals surface area contributed by atoms with Crippen LogP contribution in [0, 0.1) is 0 Å². The molecule has 44 heavy (non-hydrogen) atoms. The van der Waals surface area contributed by atoms with Crippen molar-refractivity contribution in [1.29, 1.82) is 0 Å². The third kappa shape index (κ3) is 9.90. The van der Waals surface area contributed by atoms with Gasteiger partial charge in [-0.2, -0.15) is 5.10 Å². The Hall–Kier alpha value is 0.263. The van der Waals surface area contributed by atoms with Crippen molar-refractivity contribution in [2.75, 3.05) is 6.61 Å². The van der Waals surface area contributed by atoms with Crippen LogP contribution in [0.4, 0.5) is 0 Å². The van der Waals surface area contributed by atoms with Crippen molar-refractivity contribution in [3.63, 3.8) is 0 Å². The van der Waals surface area contributed by atoms with Gasteiger partial charge in [-0.3, -0.25) is 14.7 Å². The number of hydrogen-bond acceptors (Lipinski definition) is 10. The standard InChI is InChI=1S/C27H38N4O9S2.2K/c1-3-24-22(26(32)30(28-24)18-10-14-20(15-11-18)41(34,35)36)8-6-5-7-9-23-25(40-4-2)29-31(27(23)33)19-12-16-21(17-13-19)42(37,38)39;;/h5-9,18-21,29H,3-4,10-17H2,1-2H3,(H,34,35,36)(H,37,38,39);;/q;2*+1/p-2. The first-order valence-electron chi connectivity index (χ1n) is 14.2. The molecule has 232 valence electrons. The van der Waals surface area contributed by atoms with Crippen LogP contribution in [-0.2, 0) is 25.0 Å². The number of nitrogens with zero attached hydrogens (tertiary/aromatic N) is 3. The Morgan fingerprint density at radius 3 is 1.91 bits per heavy atom. The maximum atomic E-state index is 13.2. The Morgan fingerprint density at radius 1 is 0.864 bits per heavy atom. The van der Waals surface area contributed by atoms with Crippen molar-refractivity contribution < 1.29 is 138 Å². The number of H-pyrrole nitrogens is 1. The van der Waals surface area contributed by atoms with Gasteiger partial charge >= 0.3 is 103 Å². The minimum atomic E-state index is -4.36. The normalized spacial score (nSPS) is 25.7. The van der Waals surface area contributed by atoms with Gasteiger partial charge in [0.1, 0.15) is 5.56 Å². The van der Waals surface area contributed by atoms with E-state index < -0.39 is 30.7 Å². The number of ether oxygens (including phenoxy) is 1. The summed E-state index contributed by atoms with van der Waals surface area (Å²) >= 11 is 0. The predicted octanol–water partition coefficient (Wildman–Crippen LogP) is -3.43. The van der Waals surface area contributed by atoms with E-state index in [-0.39, 0.29) is 158 Å². The van der Waals surface area contributed by atoms with E-state index in [2.05, 4.69) is 10.2 Å². The van der Waals surface area contributed by atoms with Gasteiger partial charge in [0.05, 0.1) is 50.2 Å². The average molecular weight is 703 g/mol. The summed E-state index contributed by atoms with van der Waals surface area (Å²) in [6.07, 6.45) is 11.0. The van der Waals surface area contributed by atoms with Crippen LogP contribution >= 0.6 is 0 Å². The van der Waals surface area contributed by atoms with Gasteiger partial charge in [0.15, 0.2) is 0 Å². The van der Waals surface area contributed by atoms with E-state index in [9.17, 15) is 35.5 Å². The summed E-state index contributed by atoms with van der Waals surface area (Å²) in [5, 5.41) is 7.00. The average Bonchev–Trinajstić information content (AvgIpc) is 3.43. The van der Waals surface area contributed by atoms with Crippen LogP contribution in [0.3, 0.4) is 0 Å². The molecular weight excluding hydrogens is 667 g/mol. The van der Waals surface area contributed by atoms with Gasteiger partial charge in [-0.15, -0.1) is 0 Å². The molecule has 2 heterocycles. The number of carbonyl (C=O) groups is 1. The van der Waals surface area contributed by atoms with Gasteiger partial charge in [0, 0.05) is 10.5 Å². The van der Waals surface area contributed by atoms with E-state index in [4.69, 9.17) is 4.74 Å². The van der Waals surface area contributed by atoms with Crippen LogP contribution < -0.4 is 113 Å². The van der Waals surface area contributed by atoms with Gasteiger partial charge in [-0.05, 0) is 76.9 Å². The van der Waals surface area contributed by atoms with Gasteiger partial charge in [-0.25, -0.2) is 26.5 Å². The molecule has 1 aromatic rings. The van der Waals surface area contributed by atoms with Crippen molar-refractivity contribution in [1.82, 2.24) is 14.8 Å². The van der Waals surface area contributed by atoms with E-state index in [0.717, 1.165) is 0 Å². The number of amides is 1. The van der Waals surface area contributed by atoms with Crippen molar-refractivity contribution in [2.45, 2.75) is 94.2 Å². The molecule has 0 radical (unpaired) electrons. The summed E-state index contributed by atoms with van der Waals surface area (Å²) < 4.78 is 75.1. The molecule has 1 N–H and O–H groups in total. The third-order valence-corrected chi connectivity index (χ3v) is 10.7. The molecule has 2 aliphatic carbocycles. The molecule has 0 unspecified atom stereocenters. The van der Waals surface area contributed by atoms with Crippen molar-refractivity contribution >= 4 is 37.9 Å². The smallest absolute Gasteiger partial charge is 0.748 e. The van der Waals surface area contributed by atoms with Gasteiger partial charge in [0.2, 0.25) is 5.88 Å². The molecule has 1 aromatic heterocycles. The van der Waals surface area contributed by atoms with Gasteiger partial charge in [0.25, 0.3) is 11.5 Å². The number of allylic oxidation sites excluding steroid dienone is 4. The topological polar surface area (TPSA) is 194 Å². The zero-order chi connectivity index (χ0) is 30.7. The molecule has 3 aliphatic rings. The molecular formula is C27H36K2N4O9S2. The molecule has 2 fully saturated rings. The zero-order valence-electron chi connectivity index (χ0n) is 25.6. The number of aromatic nitrogens is 2. The summed E-state index contributed by atoms with van der Waals surface area (Å²) in [4.78, 5) is 26.3. The molecule has 4 rings (SSSR count). The van der Waals surface area contributed by atoms with Crippen LogP contribution in [-0.4, -0.2) is 75.5 Å². The van der Waals surface area contributed by atoms with Crippen LogP contribution in [0.1, 0.15) is 83.2 Å². The van der Waals surface area contributed by atoms with Crippen molar-refractivity contribution in [3.8, 4) is 5.88 Å². The largest absolute Gasteiger partial charge is 1.00 e. The molecule has 0 saturated heterocycles. The molecule has 1 amide bonds. The van der Waals surface area contributed by atoms with E-state index in [0.29, 0.717) is 55.6 Å². The first-order valence-corrected chi connectivity index (χ1v) is 17.1. The summed E-state index contributed by atoms with van der Waals surface area (Å²) in [6.45, 7) is 3.98. The number of rotatable bonds is 10. The molecule has 2 saturated carbocycles. The summed E-state index contributed by atoms with van der Waals surface area (Å²) in [5.41, 5.74) is 1.01. The number of hydrazone groups is 1. The number of carbonyl (C=O) groups excluding carboxylic acids is 1. The molecule has 0 spiro atoms. The van der Waals surface area contributed by atoms with E-state index in [1.807, 2.05) is 6.92 Å². The molecule has 0 atom stereocenters. The summed E-state index contributed by atoms with van der Waals surface area (Å²) in [7, 11) is -8.71. The fourth-order valence-corrected chi connectivity index (χ4v) is 7.50. The van der Waals surface area contributed by atoms with Crippen LogP contribution in [0.2, 0.25) is 0 Å². The molecule has 13 nitrogen and oxygen atoms in total. The minimum Gasteiger partial charge on any atom is -0.748 e. The summed E-state index contributed by atoms with van der Waals surface area (Å²) in [6, 6.07) is -0.542. The first kappa shape index (κ1) is 40.4. The van der Waals surface area contributed by atoms with E-state index >= 15 is 0 Å². The second-order valence-electron chi connectivity index (χ2n) is 10.7. The monoisotopic (exact) mass is 702 g/mol. The molecule has 17 heteroatoms. The van der Waals surface area contributed by atoms with Crippen LogP contribution in [0.25, 0.3) is 6.08 Å². The Kier molecular flexibility index (Phi) is 16.2. The second kappa shape index (κ2) is 17.6. The minimum absolute atomic E-state index is 0. The first-order chi connectivity index (χ1) is 19.8. The third-order valence-electron chi connectivity index (χ3n) is 8.08. The Morgan fingerprint density at radius 2 is 1.41 bits per heavy atom. The number of hydrogen-bond donors (Lipinski definition) is 1. The SMILES string of the molecule is CCOc1[nH]n(C2CCC(S(=O)(=O)[O-])CC2)c(=O)c1C=CC=CC=C1C(=O)N(C2CCC(S(=O)(=O)[O-])CC2)N=C1CC.[K+].[K+]. The van der Waals surface area contributed by atoms with Crippen LogP contribution in [0.15, 0.2) is 39.8 Å². The Labute approximate surface area is 343 Å². The van der Waals surface area contributed by atoms with Gasteiger partial charge in [-0.1, -0.05) is 25.2 Å². The number of nitrogens with one attached hydrogen (secondary N) is 1. The quantitative estimate of drug-likeness (QED) is 0.112. The van der Waals surface area contributed by atoms with E-state index in [1.165, 1.54) is 9.69 Å². The fourth-order valence-electron chi connectivity index (χ4n) is 5.80. The number of aromatic amines is 1. The fraction of sp³-hybridized carbons (Fsp3) is 0.593. The Balaban J connectivity index is 0.00000337. The van der Waals surface area contributed by atoms with Crippen LogP contribution in [0.5, 0.6) is 5.88 Å². The molecule has 0 bridgehead atoms.